The average Bonchev–Trinajstić information content (AvgIpc) is 2.32. The molecule has 1 N–H and O–H groups in total. The van der Waals surface area contributed by atoms with Crippen molar-refractivity contribution in [1.82, 2.24) is 0 Å². The molecule has 1 aliphatic rings. The van der Waals surface area contributed by atoms with Crippen LogP contribution in [0, 0.1) is 11.3 Å². The monoisotopic (exact) mass is 254 g/mol. The van der Waals surface area contributed by atoms with Crippen LogP contribution >= 0.6 is 0 Å². The van der Waals surface area contributed by atoms with Crippen molar-refractivity contribution < 1.29 is 5.11 Å². The van der Waals surface area contributed by atoms with Gasteiger partial charge in [-0.25, -0.2) is 0 Å². The molecular formula is C17H34O. The first-order valence-electron chi connectivity index (χ1n) is 8.26. The summed E-state index contributed by atoms with van der Waals surface area (Å²) >= 11 is 0. The molecule has 0 aliphatic heterocycles. The summed E-state index contributed by atoms with van der Waals surface area (Å²) in [6, 6.07) is 0. The van der Waals surface area contributed by atoms with E-state index in [9.17, 15) is 5.11 Å². The molecule has 0 saturated heterocycles. The molecule has 2 unspecified atom stereocenters. The minimum Gasteiger partial charge on any atom is -0.393 e. The molecule has 0 amide bonds. The molecule has 1 saturated carbocycles. The zero-order chi connectivity index (χ0) is 13.4. The lowest BCUT2D eigenvalue weighted by atomic mass is 9.66. The second-order valence-corrected chi connectivity index (χ2v) is 6.96. The molecule has 0 bridgehead atoms. The highest BCUT2D eigenvalue weighted by atomic mass is 16.3. The second kappa shape index (κ2) is 8.19. The summed E-state index contributed by atoms with van der Waals surface area (Å²) in [4.78, 5) is 0. The second-order valence-electron chi connectivity index (χ2n) is 6.96. The SMILES string of the molecule is CCCCCCCCC(O)C1CCCCC1(C)C. The summed E-state index contributed by atoms with van der Waals surface area (Å²) in [5.74, 6) is 0.543. The Bertz CT molecular complexity index is 210. The molecule has 1 fully saturated rings. The van der Waals surface area contributed by atoms with E-state index in [1.165, 1.54) is 64.2 Å². The third-order valence-electron chi connectivity index (χ3n) is 4.91. The summed E-state index contributed by atoms with van der Waals surface area (Å²) in [6.45, 7) is 6.96. The fraction of sp³-hybridized carbons (Fsp3) is 1.00. The van der Waals surface area contributed by atoms with Crippen LogP contribution in [0.3, 0.4) is 0 Å². The number of hydrogen-bond acceptors (Lipinski definition) is 1. The number of aliphatic hydroxyl groups excluding tert-OH is 1. The zero-order valence-corrected chi connectivity index (χ0v) is 12.9. The van der Waals surface area contributed by atoms with E-state index in [1.54, 1.807) is 0 Å². The Hall–Kier alpha value is -0.0400. The Kier molecular flexibility index (Phi) is 7.29. The molecule has 0 aromatic heterocycles. The van der Waals surface area contributed by atoms with Crippen LogP contribution in [0.1, 0.15) is 91.4 Å². The first kappa shape index (κ1) is 16.0. The van der Waals surface area contributed by atoms with Gasteiger partial charge in [-0.05, 0) is 30.6 Å². The maximum atomic E-state index is 10.4. The maximum absolute atomic E-state index is 10.4. The zero-order valence-electron chi connectivity index (χ0n) is 12.9. The fourth-order valence-electron chi connectivity index (χ4n) is 3.57. The van der Waals surface area contributed by atoms with Gasteiger partial charge in [0.15, 0.2) is 0 Å². The van der Waals surface area contributed by atoms with Crippen molar-refractivity contribution >= 4 is 0 Å². The van der Waals surface area contributed by atoms with E-state index in [0.717, 1.165) is 6.42 Å². The van der Waals surface area contributed by atoms with Crippen molar-refractivity contribution in [2.75, 3.05) is 0 Å². The molecular weight excluding hydrogens is 220 g/mol. The van der Waals surface area contributed by atoms with Gasteiger partial charge in [0.1, 0.15) is 0 Å². The van der Waals surface area contributed by atoms with Crippen LogP contribution in [-0.2, 0) is 0 Å². The number of aliphatic hydroxyl groups is 1. The Balaban J connectivity index is 2.17. The molecule has 108 valence electrons. The first-order valence-corrected chi connectivity index (χ1v) is 8.26. The Morgan fingerprint density at radius 2 is 1.72 bits per heavy atom. The lowest BCUT2D eigenvalue weighted by molar-refractivity contribution is -0.000501. The Morgan fingerprint density at radius 3 is 2.39 bits per heavy atom. The molecule has 2 atom stereocenters. The predicted molar refractivity (Wildman–Crippen MR) is 79.7 cm³/mol. The Morgan fingerprint density at radius 1 is 1.06 bits per heavy atom. The maximum Gasteiger partial charge on any atom is 0.0573 e. The van der Waals surface area contributed by atoms with Crippen molar-refractivity contribution in [1.29, 1.82) is 0 Å². The van der Waals surface area contributed by atoms with E-state index >= 15 is 0 Å². The normalized spacial score (nSPS) is 25.0. The number of hydrogen-bond donors (Lipinski definition) is 1. The molecule has 1 heteroatoms. The average molecular weight is 254 g/mol. The van der Waals surface area contributed by atoms with E-state index in [2.05, 4.69) is 20.8 Å². The van der Waals surface area contributed by atoms with Gasteiger partial charge in [0.25, 0.3) is 0 Å². The van der Waals surface area contributed by atoms with Gasteiger partial charge in [-0.2, -0.15) is 0 Å². The fourth-order valence-corrected chi connectivity index (χ4v) is 3.57. The molecule has 0 radical (unpaired) electrons. The molecule has 1 nitrogen and oxygen atoms in total. The van der Waals surface area contributed by atoms with E-state index in [0.29, 0.717) is 11.3 Å². The predicted octanol–water partition coefficient (Wildman–Crippen LogP) is 5.31. The number of rotatable bonds is 8. The summed E-state index contributed by atoms with van der Waals surface area (Å²) in [5, 5.41) is 10.4. The van der Waals surface area contributed by atoms with E-state index in [-0.39, 0.29) is 6.10 Å². The van der Waals surface area contributed by atoms with Gasteiger partial charge < -0.3 is 5.11 Å². The van der Waals surface area contributed by atoms with Gasteiger partial charge in [0.2, 0.25) is 0 Å². The smallest absolute Gasteiger partial charge is 0.0573 e. The minimum absolute atomic E-state index is 0.0496. The molecule has 1 aliphatic carbocycles. The molecule has 0 aromatic carbocycles. The largest absolute Gasteiger partial charge is 0.393 e. The van der Waals surface area contributed by atoms with Crippen LogP contribution in [0.25, 0.3) is 0 Å². The van der Waals surface area contributed by atoms with Gasteiger partial charge in [0.05, 0.1) is 6.10 Å². The van der Waals surface area contributed by atoms with Crippen LogP contribution in [0.4, 0.5) is 0 Å². The Labute approximate surface area is 114 Å². The molecule has 0 heterocycles. The summed E-state index contributed by atoms with van der Waals surface area (Å²) in [6.07, 6.45) is 14.1. The third-order valence-corrected chi connectivity index (χ3v) is 4.91. The van der Waals surface area contributed by atoms with Crippen molar-refractivity contribution in [3.63, 3.8) is 0 Å². The minimum atomic E-state index is -0.0496. The molecule has 1 rings (SSSR count). The van der Waals surface area contributed by atoms with Gasteiger partial charge in [-0.1, -0.05) is 72.1 Å². The van der Waals surface area contributed by atoms with Crippen LogP contribution in [-0.4, -0.2) is 11.2 Å². The third kappa shape index (κ3) is 5.30. The topological polar surface area (TPSA) is 20.2 Å². The van der Waals surface area contributed by atoms with E-state index < -0.39 is 0 Å². The van der Waals surface area contributed by atoms with Crippen LogP contribution in [0.15, 0.2) is 0 Å². The molecule has 0 spiro atoms. The number of unbranched alkanes of at least 4 members (excludes halogenated alkanes) is 5. The first-order chi connectivity index (χ1) is 8.58. The highest BCUT2D eigenvalue weighted by molar-refractivity contribution is 4.86. The lowest BCUT2D eigenvalue weighted by Gasteiger charge is -2.41. The van der Waals surface area contributed by atoms with E-state index in [4.69, 9.17) is 0 Å². The molecule has 0 aromatic rings. The van der Waals surface area contributed by atoms with Crippen molar-refractivity contribution in [3.8, 4) is 0 Å². The van der Waals surface area contributed by atoms with Crippen LogP contribution < -0.4 is 0 Å². The quantitative estimate of drug-likeness (QED) is 0.582. The standard InChI is InChI=1S/C17H34O/c1-4-5-6-7-8-9-13-16(18)15-12-10-11-14-17(15,2)3/h15-16,18H,4-14H2,1-3H3. The lowest BCUT2D eigenvalue weighted by Crippen LogP contribution is -2.36. The highest BCUT2D eigenvalue weighted by Crippen LogP contribution is 2.43. The highest BCUT2D eigenvalue weighted by Gasteiger charge is 2.36. The summed E-state index contributed by atoms with van der Waals surface area (Å²) in [7, 11) is 0. The summed E-state index contributed by atoms with van der Waals surface area (Å²) < 4.78 is 0. The van der Waals surface area contributed by atoms with Gasteiger partial charge >= 0.3 is 0 Å². The van der Waals surface area contributed by atoms with Crippen molar-refractivity contribution in [2.24, 2.45) is 11.3 Å². The van der Waals surface area contributed by atoms with Crippen molar-refractivity contribution in [3.05, 3.63) is 0 Å². The van der Waals surface area contributed by atoms with Crippen molar-refractivity contribution in [2.45, 2.75) is 97.5 Å². The van der Waals surface area contributed by atoms with Gasteiger partial charge in [0, 0.05) is 0 Å². The summed E-state index contributed by atoms with van der Waals surface area (Å²) in [5.41, 5.74) is 0.361. The van der Waals surface area contributed by atoms with Gasteiger partial charge in [-0.15, -0.1) is 0 Å². The van der Waals surface area contributed by atoms with E-state index in [1.807, 2.05) is 0 Å². The van der Waals surface area contributed by atoms with Gasteiger partial charge in [-0.3, -0.25) is 0 Å². The van der Waals surface area contributed by atoms with Crippen LogP contribution in [0.2, 0.25) is 0 Å². The van der Waals surface area contributed by atoms with Crippen LogP contribution in [0.5, 0.6) is 0 Å². The molecule has 18 heavy (non-hydrogen) atoms.